The number of hydrogen-bond donors (Lipinski definition) is 3. The zero-order chi connectivity index (χ0) is 9.90. The summed E-state index contributed by atoms with van der Waals surface area (Å²) < 4.78 is 20.8. The maximum Gasteiger partial charge on any atom is 0.255 e. The van der Waals surface area contributed by atoms with Crippen LogP contribution in [0.4, 0.5) is 0 Å². The van der Waals surface area contributed by atoms with E-state index in [1.54, 1.807) is 0 Å². The number of hydrogen-bond acceptors (Lipinski definition) is 4. The minimum atomic E-state index is -2.74. The fraction of sp³-hybridized carbons (Fsp3) is 0.857. The molecular formula is C7H14N2O3S. The quantitative estimate of drug-likeness (QED) is 0.241. The second kappa shape index (κ2) is 4.06. The lowest BCUT2D eigenvalue weighted by Gasteiger charge is -2.29. The molecule has 76 valence electrons. The number of hydrazine groups is 1. The van der Waals surface area contributed by atoms with E-state index in [-0.39, 0.29) is 0 Å². The molecule has 1 aliphatic carbocycles. The molecule has 5 nitrogen and oxygen atoms in total. The van der Waals surface area contributed by atoms with Gasteiger partial charge in [-0.25, -0.2) is 14.3 Å². The third-order valence-corrected chi connectivity index (χ3v) is 3.93. The van der Waals surface area contributed by atoms with Gasteiger partial charge in [0.05, 0.1) is 0 Å². The van der Waals surface area contributed by atoms with Crippen molar-refractivity contribution >= 4 is 16.6 Å². The Morgan fingerprint density at radius 2 is 1.77 bits per heavy atom. The Labute approximate surface area is 78.6 Å². The molecule has 0 aromatic heterocycles. The van der Waals surface area contributed by atoms with Crippen molar-refractivity contribution in [2.45, 2.75) is 36.9 Å². The Balaban J connectivity index is 2.92. The lowest BCUT2D eigenvalue weighted by molar-refractivity contribution is -0.124. The number of thiol groups is 1. The molecule has 0 unspecified atom stereocenters. The molecule has 0 radical (unpaired) electrons. The molecule has 0 aromatic carbocycles. The highest BCUT2D eigenvalue weighted by atomic mass is 32.2. The Kier molecular flexibility index (Phi) is 3.27. The molecule has 0 aromatic rings. The number of amides is 1. The summed E-state index contributed by atoms with van der Waals surface area (Å²) in [7, 11) is -2.74. The summed E-state index contributed by atoms with van der Waals surface area (Å²) in [5, 5.41) is 0. The summed E-state index contributed by atoms with van der Waals surface area (Å²) in [6.07, 6.45) is 3.33. The third kappa shape index (κ3) is 1.83. The summed E-state index contributed by atoms with van der Waals surface area (Å²) in [5.41, 5.74) is 1.93. The fourth-order valence-corrected chi connectivity index (χ4v) is 2.68. The lowest BCUT2D eigenvalue weighted by Crippen LogP contribution is -2.51. The SMILES string of the molecule is NNC(=O)C1([SH](=O)=O)CCCCC1. The molecule has 3 N–H and O–H groups in total. The molecule has 13 heavy (non-hydrogen) atoms. The van der Waals surface area contributed by atoms with Crippen molar-refractivity contribution in [2.75, 3.05) is 0 Å². The number of rotatable bonds is 2. The van der Waals surface area contributed by atoms with Crippen LogP contribution in [-0.4, -0.2) is 19.1 Å². The van der Waals surface area contributed by atoms with Crippen LogP contribution in [0.25, 0.3) is 0 Å². The predicted molar refractivity (Wildman–Crippen MR) is 48.5 cm³/mol. The monoisotopic (exact) mass is 206 g/mol. The molecule has 0 spiro atoms. The van der Waals surface area contributed by atoms with Gasteiger partial charge in [-0.1, -0.05) is 19.3 Å². The highest BCUT2D eigenvalue weighted by Gasteiger charge is 2.42. The van der Waals surface area contributed by atoms with E-state index in [2.05, 4.69) is 0 Å². The van der Waals surface area contributed by atoms with Gasteiger partial charge in [0, 0.05) is 0 Å². The molecule has 1 saturated carbocycles. The second-order valence-corrected chi connectivity index (χ2v) is 4.69. The molecule has 0 heterocycles. The van der Waals surface area contributed by atoms with Crippen LogP contribution in [0.1, 0.15) is 32.1 Å². The van der Waals surface area contributed by atoms with Gasteiger partial charge in [0.15, 0.2) is 10.7 Å². The van der Waals surface area contributed by atoms with Crippen molar-refractivity contribution in [3.05, 3.63) is 0 Å². The van der Waals surface area contributed by atoms with Crippen molar-refractivity contribution in [2.24, 2.45) is 5.84 Å². The van der Waals surface area contributed by atoms with Crippen LogP contribution in [-0.2, 0) is 15.5 Å². The van der Waals surface area contributed by atoms with E-state index < -0.39 is 21.4 Å². The van der Waals surface area contributed by atoms with E-state index in [0.717, 1.165) is 19.3 Å². The first-order valence-corrected chi connectivity index (χ1v) is 5.47. The molecule has 1 rings (SSSR count). The van der Waals surface area contributed by atoms with E-state index in [1.807, 2.05) is 5.43 Å². The summed E-state index contributed by atoms with van der Waals surface area (Å²) in [6.45, 7) is 0. The Morgan fingerprint density at radius 1 is 1.23 bits per heavy atom. The molecule has 6 heteroatoms. The van der Waals surface area contributed by atoms with Crippen LogP contribution in [0, 0.1) is 0 Å². The van der Waals surface area contributed by atoms with Crippen LogP contribution in [0.15, 0.2) is 0 Å². The van der Waals surface area contributed by atoms with Gasteiger partial charge >= 0.3 is 0 Å². The average molecular weight is 206 g/mol. The smallest absolute Gasteiger partial charge is 0.255 e. The lowest BCUT2D eigenvalue weighted by atomic mass is 9.88. The zero-order valence-electron chi connectivity index (χ0n) is 7.28. The van der Waals surface area contributed by atoms with Crippen molar-refractivity contribution < 1.29 is 13.2 Å². The zero-order valence-corrected chi connectivity index (χ0v) is 8.18. The van der Waals surface area contributed by atoms with Gasteiger partial charge in [0.1, 0.15) is 4.75 Å². The molecule has 1 fully saturated rings. The molecule has 0 saturated heterocycles. The molecule has 0 atom stereocenters. The van der Waals surface area contributed by atoms with Crippen LogP contribution >= 0.6 is 0 Å². The minimum absolute atomic E-state index is 0.398. The topological polar surface area (TPSA) is 89.3 Å². The van der Waals surface area contributed by atoms with Crippen molar-refractivity contribution in [1.29, 1.82) is 0 Å². The van der Waals surface area contributed by atoms with Crippen LogP contribution in [0.2, 0.25) is 0 Å². The number of nitrogens with two attached hydrogens (primary N) is 1. The summed E-state index contributed by atoms with van der Waals surface area (Å²) in [5.74, 6) is 4.39. The molecule has 0 aliphatic heterocycles. The fourth-order valence-electron chi connectivity index (χ4n) is 1.76. The first-order chi connectivity index (χ1) is 6.13. The van der Waals surface area contributed by atoms with Gasteiger partial charge in [-0.15, -0.1) is 0 Å². The van der Waals surface area contributed by atoms with E-state index >= 15 is 0 Å². The highest BCUT2D eigenvalue weighted by molar-refractivity contribution is 7.75. The highest BCUT2D eigenvalue weighted by Crippen LogP contribution is 2.31. The van der Waals surface area contributed by atoms with Crippen molar-refractivity contribution in [1.82, 2.24) is 5.43 Å². The van der Waals surface area contributed by atoms with Gasteiger partial charge in [-0.3, -0.25) is 10.2 Å². The summed E-state index contributed by atoms with van der Waals surface area (Å²) >= 11 is 0. The number of nitrogens with one attached hydrogen (secondary N) is 1. The predicted octanol–water partition coefficient (Wildman–Crippen LogP) is -0.709. The molecule has 1 aliphatic rings. The van der Waals surface area contributed by atoms with Gasteiger partial charge in [-0.05, 0) is 12.8 Å². The number of carbonyl (C=O) groups excluding carboxylic acids is 1. The van der Waals surface area contributed by atoms with Crippen LogP contribution < -0.4 is 11.3 Å². The first-order valence-electron chi connectivity index (χ1n) is 4.29. The minimum Gasteiger partial charge on any atom is -0.293 e. The second-order valence-electron chi connectivity index (χ2n) is 3.32. The maximum absolute atomic E-state index is 11.3. The van der Waals surface area contributed by atoms with Crippen molar-refractivity contribution in [3.8, 4) is 0 Å². The van der Waals surface area contributed by atoms with E-state index in [4.69, 9.17) is 5.84 Å². The molecular weight excluding hydrogens is 192 g/mol. The van der Waals surface area contributed by atoms with Gasteiger partial charge in [0.25, 0.3) is 5.91 Å². The van der Waals surface area contributed by atoms with E-state index in [9.17, 15) is 13.2 Å². The average Bonchev–Trinajstić information content (AvgIpc) is 2.17. The normalized spacial score (nSPS) is 21.4. The van der Waals surface area contributed by atoms with Gasteiger partial charge in [0.2, 0.25) is 0 Å². The van der Waals surface area contributed by atoms with Gasteiger partial charge in [-0.2, -0.15) is 0 Å². The van der Waals surface area contributed by atoms with Crippen LogP contribution in [0.3, 0.4) is 0 Å². The molecule has 0 bridgehead atoms. The third-order valence-electron chi connectivity index (χ3n) is 2.58. The van der Waals surface area contributed by atoms with Crippen molar-refractivity contribution in [3.63, 3.8) is 0 Å². The summed E-state index contributed by atoms with van der Waals surface area (Å²) in [6, 6.07) is 0. The van der Waals surface area contributed by atoms with Crippen LogP contribution in [0.5, 0.6) is 0 Å². The van der Waals surface area contributed by atoms with Gasteiger partial charge < -0.3 is 0 Å². The van der Waals surface area contributed by atoms with E-state index in [0.29, 0.717) is 12.8 Å². The maximum atomic E-state index is 11.3. The standard InChI is InChI=1S/C7H14N2O3S/c8-9-6(10)7(13(11)12)4-2-1-3-5-7/h13H,1-5,8H2,(H,9,10). The Morgan fingerprint density at radius 3 is 2.15 bits per heavy atom. The number of carbonyl (C=O) groups is 1. The van der Waals surface area contributed by atoms with E-state index in [1.165, 1.54) is 0 Å². The molecule has 1 amide bonds. The Bertz CT molecular complexity index is 261. The Hall–Kier alpha value is -0.620. The summed E-state index contributed by atoms with van der Waals surface area (Å²) in [4.78, 5) is 11.3. The largest absolute Gasteiger partial charge is 0.293 e. The first kappa shape index (κ1) is 10.5.